The minimum absolute atomic E-state index is 0.0135. The van der Waals surface area contributed by atoms with Crippen LogP contribution in [0.2, 0.25) is 0 Å². The van der Waals surface area contributed by atoms with Gasteiger partial charge in [0.05, 0.1) is 24.0 Å². The molecule has 1 rings (SSSR count). The molecule has 0 aliphatic rings. The predicted molar refractivity (Wildman–Crippen MR) is 59.6 cm³/mol. The van der Waals surface area contributed by atoms with E-state index in [2.05, 4.69) is 14.5 Å². The summed E-state index contributed by atoms with van der Waals surface area (Å²) in [7, 11) is 0. The summed E-state index contributed by atoms with van der Waals surface area (Å²) in [5, 5.41) is 20.2. The molecule has 0 aromatic carbocycles. The van der Waals surface area contributed by atoms with E-state index >= 15 is 0 Å². The predicted octanol–water partition coefficient (Wildman–Crippen LogP) is 1.70. The van der Waals surface area contributed by atoms with Crippen LogP contribution < -0.4 is 4.74 Å². The highest BCUT2D eigenvalue weighted by Crippen LogP contribution is 2.34. The molecule has 1 heterocycles. The first kappa shape index (κ1) is 16.5. The van der Waals surface area contributed by atoms with Gasteiger partial charge in [0.15, 0.2) is 0 Å². The maximum absolute atomic E-state index is 12.1. The van der Waals surface area contributed by atoms with Crippen LogP contribution in [-0.4, -0.2) is 34.0 Å². The first-order chi connectivity index (χ1) is 9.64. The van der Waals surface area contributed by atoms with Crippen molar-refractivity contribution in [1.82, 2.24) is 4.98 Å². The van der Waals surface area contributed by atoms with Gasteiger partial charge in [-0.3, -0.25) is 14.9 Å². The maximum atomic E-state index is 12.1. The molecule has 0 saturated heterocycles. The molecule has 1 N–H and O–H groups in total. The number of hydrogen-bond donors (Lipinski definition) is 1. The van der Waals surface area contributed by atoms with Crippen molar-refractivity contribution >= 4 is 11.7 Å². The third-order valence-electron chi connectivity index (χ3n) is 2.06. The van der Waals surface area contributed by atoms with Crippen LogP contribution in [-0.2, 0) is 16.0 Å². The van der Waals surface area contributed by atoms with Crippen LogP contribution in [0, 0.1) is 10.1 Å². The van der Waals surface area contributed by atoms with E-state index in [0.717, 1.165) is 0 Å². The third kappa shape index (κ3) is 4.78. The minimum Gasteiger partial charge on any atom is -0.501 e. The molecule has 0 radical (unpaired) electrons. The second-order valence-corrected chi connectivity index (χ2v) is 3.56. The summed E-state index contributed by atoms with van der Waals surface area (Å²) in [4.78, 5) is 24.0. The second kappa shape index (κ2) is 6.24. The summed E-state index contributed by atoms with van der Waals surface area (Å²) < 4.78 is 44.3. The largest absolute Gasteiger partial charge is 0.574 e. The number of pyridine rings is 1. The number of hydrogen-bond acceptors (Lipinski definition) is 7. The SMILES string of the molecule is CCOC(=O)Cc1nc(OC(F)(F)F)cc([N+](=O)[O-])c1O. The Labute approximate surface area is 115 Å². The Hall–Kier alpha value is -2.59. The van der Waals surface area contributed by atoms with E-state index in [1.54, 1.807) is 0 Å². The zero-order valence-corrected chi connectivity index (χ0v) is 10.5. The van der Waals surface area contributed by atoms with Gasteiger partial charge in [-0.2, -0.15) is 0 Å². The fourth-order valence-corrected chi connectivity index (χ4v) is 1.33. The average Bonchev–Trinajstić information content (AvgIpc) is 2.31. The number of nitrogens with zero attached hydrogens (tertiary/aromatic N) is 2. The minimum atomic E-state index is -5.13. The molecule has 1 aromatic rings. The first-order valence-corrected chi connectivity index (χ1v) is 5.42. The summed E-state index contributed by atoms with van der Waals surface area (Å²) in [6.45, 7) is 1.47. The smallest absolute Gasteiger partial charge is 0.501 e. The van der Waals surface area contributed by atoms with Gasteiger partial charge in [0.1, 0.15) is 5.69 Å². The quantitative estimate of drug-likeness (QED) is 0.500. The molecule has 21 heavy (non-hydrogen) atoms. The van der Waals surface area contributed by atoms with E-state index in [0.29, 0.717) is 6.07 Å². The lowest BCUT2D eigenvalue weighted by Gasteiger charge is -2.10. The van der Waals surface area contributed by atoms with Gasteiger partial charge in [0, 0.05) is 0 Å². The number of aromatic nitrogens is 1. The van der Waals surface area contributed by atoms with Gasteiger partial charge in [-0.25, -0.2) is 4.98 Å². The fourth-order valence-electron chi connectivity index (χ4n) is 1.33. The Kier molecular flexibility index (Phi) is 4.89. The number of esters is 1. The van der Waals surface area contributed by atoms with Crippen LogP contribution in [0.1, 0.15) is 12.6 Å². The molecule has 0 aliphatic heterocycles. The standard InChI is InChI=1S/C10H9F3N2O6/c1-2-20-8(16)3-5-9(17)6(15(18)19)4-7(14-5)21-10(11,12)13/h4,17H,2-3H2,1H3. The first-order valence-electron chi connectivity index (χ1n) is 5.42. The summed E-state index contributed by atoms with van der Waals surface area (Å²) in [5.41, 5.74) is -1.72. The summed E-state index contributed by atoms with van der Waals surface area (Å²) in [6.07, 6.45) is -5.87. The van der Waals surface area contributed by atoms with Gasteiger partial charge in [-0.05, 0) is 6.92 Å². The van der Waals surface area contributed by atoms with Crippen molar-refractivity contribution in [2.24, 2.45) is 0 Å². The van der Waals surface area contributed by atoms with Crippen molar-refractivity contribution in [3.63, 3.8) is 0 Å². The van der Waals surface area contributed by atoms with Crippen LogP contribution >= 0.6 is 0 Å². The molecule has 11 heteroatoms. The van der Waals surface area contributed by atoms with Crippen molar-refractivity contribution in [3.8, 4) is 11.6 Å². The molecule has 116 valence electrons. The topological polar surface area (TPSA) is 112 Å². The van der Waals surface area contributed by atoms with Crippen LogP contribution in [0.25, 0.3) is 0 Å². The number of alkyl halides is 3. The number of nitro groups is 1. The molecule has 8 nitrogen and oxygen atoms in total. The highest BCUT2D eigenvalue weighted by Gasteiger charge is 2.34. The lowest BCUT2D eigenvalue weighted by Crippen LogP contribution is -2.19. The zero-order chi connectivity index (χ0) is 16.2. The number of halogens is 3. The Morgan fingerprint density at radius 1 is 1.52 bits per heavy atom. The molecular weight excluding hydrogens is 301 g/mol. The molecule has 0 aliphatic carbocycles. The van der Waals surface area contributed by atoms with E-state index < -0.39 is 46.7 Å². The number of ether oxygens (including phenoxy) is 2. The van der Waals surface area contributed by atoms with Crippen LogP contribution in [0.3, 0.4) is 0 Å². The van der Waals surface area contributed by atoms with E-state index in [9.17, 15) is 33.2 Å². The number of rotatable bonds is 5. The maximum Gasteiger partial charge on any atom is 0.574 e. The fraction of sp³-hybridized carbons (Fsp3) is 0.400. The van der Waals surface area contributed by atoms with Crippen LogP contribution in [0.15, 0.2) is 6.07 Å². The molecule has 0 spiro atoms. The van der Waals surface area contributed by atoms with E-state index in [4.69, 9.17) is 0 Å². The van der Waals surface area contributed by atoms with Gasteiger partial charge in [-0.15, -0.1) is 13.2 Å². The summed E-state index contributed by atoms with van der Waals surface area (Å²) in [6, 6.07) is 0.303. The average molecular weight is 310 g/mol. The molecule has 0 amide bonds. The molecular formula is C10H9F3N2O6. The van der Waals surface area contributed by atoms with Crippen LogP contribution in [0.4, 0.5) is 18.9 Å². The van der Waals surface area contributed by atoms with Crippen molar-refractivity contribution in [3.05, 3.63) is 21.9 Å². The summed E-state index contributed by atoms with van der Waals surface area (Å²) in [5.74, 6) is -3.10. The Morgan fingerprint density at radius 3 is 2.62 bits per heavy atom. The van der Waals surface area contributed by atoms with Crippen molar-refractivity contribution < 1.29 is 37.5 Å². The molecule has 0 fully saturated rings. The van der Waals surface area contributed by atoms with Crippen molar-refractivity contribution in [2.45, 2.75) is 19.7 Å². The van der Waals surface area contributed by atoms with Gasteiger partial charge >= 0.3 is 18.0 Å². The normalized spacial score (nSPS) is 11.0. The van der Waals surface area contributed by atoms with E-state index in [1.165, 1.54) is 6.92 Å². The van der Waals surface area contributed by atoms with Gasteiger partial charge in [-0.1, -0.05) is 0 Å². The monoisotopic (exact) mass is 310 g/mol. The highest BCUT2D eigenvalue weighted by molar-refractivity contribution is 5.73. The number of carbonyl (C=O) groups excluding carboxylic acids is 1. The summed E-state index contributed by atoms with van der Waals surface area (Å²) >= 11 is 0. The zero-order valence-electron chi connectivity index (χ0n) is 10.5. The Balaban J connectivity index is 3.21. The molecule has 0 unspecified atom stereocenters. The molecule has 0 atom stereocenters. The molecule has 1 aromatic heterocycles. The lowest BCUT2D eigenvalue weighted by atomic mass is 10.2. The number of carbonyl (C=O) groups is 1. The van der Waals surface area contributed by atoms with Crippen molar-refractivity contribution in [2.75, 3.05) is 6.61 Å². The molecule has 0 bridgehead atoms. The third-order valence-corrected chi connectivity index (χ3v) is 2.06. The number of aromatic hydroxyl groups is 1. The Bertz CT molecular complexity index is 560. The van der Waals surface area contributed by atoms with Gasteiger partial charge < -0.3 is 14.6 Å². The van der Waals surface area contributed by atoms with E-state index in [1.807, 2.05) is 0 Å². The lowest BCUT2D eigenvalue weighted by molar-refractivity contribution is -0.386. The Morgan fingerprint density at radius 2 is 2.14 bits per heavy atom. The van der Waals surface area contributed by atoms with Crippen molar-refractivity contribution in [1.29, 1.82) is 0 Å². The highest BCUT2D eigenvalue weighted by atomic mass is 19.4. The second-order valence-electron chi connectivity index (χ2n) is 3.56. The van der Waals surface area contributed by atoms with Crippen LogP contribution in [0.5, 0.6) is 11.6 Å². The van der Waals surface area contributed by atoms with E-state index in [-0.39, 0.29) is 6.61 Å². The van der Waals surface area contributed by atoms with Gasteiger partial charge in [0.2, 0.25) is 11.6 Å². The molecule has 0 saturated carbocycles. The van der Waals surface area contributed by atoms with Gasteiger partial charge in [0.25, 0.3) is 0 Å².